The normalized spacial score (nSPS) is 10.4. The number of ketones is 1. The maximum Gasteiger partial charge on any atom is 0.246 e. The van der Waals surface area contributed by atoms with Crippen LogP contribution in [-0.2, 0) is 11.3 Å². The molecule has 25 heavy (non-hydrogen) atoms. The number of nitrogen functional groups attached to an aromatic ring is 1. The largest absolute Gasteiger partial charge is 0.368 e. The van der Waals surface area contributed by atoms with Gasteiger partial charge in [-0.2, -0.15) is 4.98 Å². The topological polar surface area (TPSA) is 103 Å². The maximum absolute atomic E-state index is 12.2. The van der Waals surface area contributed by atoms with Crippen LogP contribution in [0.1, 0.15) is 17.3 Å². The third-order valence-corrected chi connectivity index (χ3v) is 3.60. The number of aromatic nitrogens is 3. The molecule has 2 aromatic carbocycles. The molecule has 1 aromatic heterocycles. The van der Waals surface area contributed by atoms with E-state index >= 15 is 0 Å². The summed E-state index contributed by atoms with van der Waals surface area (Å²) >= 11 is 0. The molecular formula is C18H17N5O2. The smallest absolute Gasteiger partial charge is 0.246 e. The molecule has 0 fully saturated rings. The summed E-state index contributed by atoms with van der Waals surface area (Å²) in [6.07, 6.45) is 0. The second-order valence-corrected chi connectivity index (χ2v) is 5.50. The van der Waals surface area contributed by atoms with Gasteiger partial charge < -0.3 is 11.1 Å². The van der Waals surface area contributed by atoms with Crippen molar-refractivity contribution < 1.29 is 9.59 Å². The van der Waals surface area contributed by atoms with Crippen LogP contribution in [0.25, 0.3) is 11.4 Å². The predicted octanol–water partition coefficient (Wildman–Crippen LogP) is 2.37. The zero-order valence-electron chi connectivity index (χ0n) is 13.6. The highest BCUT2D eigenvalue weighted by molar-refractivity contribution is 5.95. The summed E-state index contributed by atoms with van der Waals surface area (Å²) in [7, 11) is 0. The van der Waals surface area contributed by atoms with Crippen LogP contribution in [0.3, 0.4) is 0 Å². The second kappa shape index (κ2) is 6.96. The summed E-state index contributed by atoms with van der Waals surface area (Å²) < 4.78 is 1.35. The van der Waals surface area contributed by atoms with E-state index in [4.69, 9.17) is 5.73 Å². The van der Waals surface area contributed by atoms with Gasteiger partial charge in [-0.3, -0.25) is 9.59 Å². The van der Waals surface area contributed by atoms with Gasteiger partial charge in [0.1, 0.15) is 6.54 Å². The lowest BCUT2D eigenvalue weighted by Gasteiger charge is -2.06. The molecule has 0 aliphatic carbocycles. The molecule has 0 aliphatic rings. The quantitative estimate of drug-likeness (QED) is 0.697. The number of hydrogen-bond donors (Lipinski definition) is 2. The molecule has 1 heterocycles. The number of nitrogens with two attached hydrogens (primary N) is 1. The summed E-state index contributed by atoms with van der Waals surface area (Å²) in [6, 6.07) is 16.1. The fourth-order valence-electron chi connectivity index (χ4n) is 2.30. The van der Waals surface area contributed by atoms with Crippen LogP contribution in [0.2, 0.25) is 0 Å². The Bertz CT molecular complexity index is 901. The van der Waals surface area contributed by atoms with Crippen LogP contribution in [0.4, 0.5) is 11.6 Å². The van der Waals surface area contributed by atoms with Crippen molar-refractivity contribution in [2.24, 2.45) is 0 Å². The Morgan fingerprint density at radius 3 is 2.40 bits per heavy atom. The zero-order valence-corrected chi connectivity index (χ0v) is 13.6. The summed E-state index contributed by atoms with van der Waals surface area (Å²) in [4.78, 5) is 27.6. The molecule has 126 valence electrons. The van der Waals surface area contributed by atoms with E-state index in [1.165, 1.54) is 11.6 Å². The first-order valence-electron chi connectivity index (χ1n) is 7.69. The first-order valence-corrected chi connectivity index (χ1v) is 7.69. The first kappa shape index (κ1) is 16.4. The minimum Gasteiger partial charge on any atom is -0.368 e. The molecule has 0 unspecified atom stereocenters. The van der Waals surface area contributed by atoms with Crippen LogP contribution < -0.4 is 11.1 Å². The maximum atomic E-state index is 12.2. The van der Waals surface area contributed by atoms with Gasteiger partial charge in [0, 0.05) is 16.8 Å². The van der Waals surface area contributed by atoms with Crippen LogP contribution in [0.15, 0.2) is 54.6 Å². The van der Waals surface area contributed by atoms with Gasteiger partial charge in [-0.15, -0.1) is 5.10 Å². The average Bonchev–Trinajstić information content (AvgIpc) is 2.97. The molecule has 0 saturated carbocycles. The van der Waals surface area contributed by atoms with Crippen LogP contribution >= 0.6 is 0 Å². The third kappa shape index (κ3) is 3.89. The van der Waals surface area contributed by atoms with E-state index in [1.807, 2.05) is 30.3 Å². The minimum absolute atomic E-state index is 0.0262. The molecule has 0 spiro atoms. The third-order valence-electron chi connectivity index (χ3n) is 3.60. The van der Waals surface area contributed by atoms with Gasteiger partial charge in [-0.05, 0) is 31.2 Å². The monoisotopic (exact) mass is 335 g/mol. The standard InChI is InChI=1S/C18H17N5O2/c1-12(24)13-7-9-15(10-8-13)20-16(25)11-23-18(19)21-17(22-23)14-5-3-2-4-6-14/h2-10H,11H2,1H3,(H,20,25)(H2,19,21,22). The lowest BCUT2D eigenvalue weighted by atomic mass is 10.1. The van der Waals surface area contributed by atoms with Crippen molar-refractivity contribution in [2.45, 2.75) is 13.5 Å². The number of rotatable bonds is 5. The van der Waals surface area contributed by atoms with E-state index in [0.717, 1.165) is 5.56 Å². The summed E-state index contributed by atoms with van der Waals surface area (Å²) in [6.45, 7) is 1.44. The van der Waals surface area contributed by atoms with E-state index in [9.17, 15) is 9.59 Å². The molecule has 0 atom stereocenters. The molecule has 3 rings (SSSR count). The Balaban J connectivity index is 1.69. The van der Waals surface area contributed by atoms with Crippen LogP contribution in [-0.4, -0.2) is 26.5 Å². The van der Waals surface area contributed by atoms with E-state index in [2.05, 4.69) is 15.4 Å². The lowest BCUT2D eigenvalue weighted by molar-refractivity contribution is -0.116. The fourth-order valence-corrected chi connectivity index (χ4v) is 2.30. The molecule has 3 aromatic rings. The SMILES string of the molecule is CC(=O)c1ccc(NC(=O)Cn2nc(-c3ccccc3)nc2N)cc1. The second-order valence-electron chi connectivity index (χ2n) is 5.50. The van der Waals surface area contributed by atoms with Gasteiger partial charge in [-0.25, -0.2) is 4.68 Å². The van der Waals surface area contributed by atoms with E-state index in [-0.39, 0.29) is 24.2 Å². The van der Waals surface area contributed by atoms with Gasteiger partial charge >= 0.3 is 0 Å². The van der Waals surface area contributed by atoms with E-state index in [1.54, 1.807) is 24.3 Å². The van der Waals surface area contributed by atoms with Gasteiger partial charge in [0.25, 0.3) is 0 Å². The Morgan fingerprint density at radius 2 is 1.76 bits per heavy atom. The average molecular weight is 335 g/mol. The van der Waals surface area contributed by atoms with Crippen molar-refractivity contribution in [3.05, 3.63) is 60.2 Å². The van der Waals surface area contributed by atoms with Crippen molar-refractivity contribution in [3.8, 4) is 11.4 Å². The minimum atomic E-state index is -0.285. The molecule has 0 aliphatic heterocycles. The van der Waals surface area contributed by atoms with Crippen LogP contribution in [0, 0.1) is 0 Å². The van der Waals surface area contributed by atoms with E-state index in [0.29, 0.717) is 17.1 Å². The van der Waals surface area contributed by atoms with Crippen molar-refractivity contribution >= 4 is 23.3 Å². The summed E-state index contributed by atoms with van der Waals surface area (Å²) in [5.74, 6) is 0.325. The lowest BCUT2D eigenvalue weighted by Crippen LogP contribution is -2.20. The molecule has 0 bridgehead atoms. The predicted molar refractivity (Wildman–Crippen MR) is 94.9 cm³/mol. The highest BCUT2D eigenvalue weighted by atomic mass is 16.2. The van der Waals surface area contributed by atoms with Crippen molar-refractivity contribution in [1.29, 1.82) is 0 Å². The van der Waals surface area contributed by atoms with Gasteiger partial charge in [0.05, 0.1) is 0 Å². The molecular weight excluding hydrogens is 318 g/mol. The Morgan fingerprint density at radius 1 is 1.08 bits per heavy atom. The molecule has 0 radical (unpaired) electrons. The number of amides is 1. The van der Waals surface area contributed by atoms with Crippen molar-refractivity contribution in [3.63, 3.8) is 0 Å². The highest BCUT2D eigenvalue weighted by Gasteiger charge is 2.12. The Labute approximate surface area is 144 Å². The van der Waals surface area contributed by atoms with Crippen molar-refractivity contribution in [1.82, 2.24) is 14.8 Å². The van der Waals surface area contributed by atoms with Gasteiger partial charge in [0.2, 0.25) is 11.9 Å². The van der Waals surface area contributed by atoms with Crippen LogP contribution in [0.5, 0.6) is 0 Å². The van der Waals surface area contributed by atoms with Crippen molar-refractivity contribution in [2.75, 3.05) is 11.1 Å². The Kier molecular flexibility index (Phi) is 4.56. The number of carbonyl (C=O) groups excluding carboxylic acids is 2. The number of Topliss-reactive ketones (excluding diaryl/α,β-unsaturated/α-hetero) is 1. The Hall–Kier alpha value is -3.48. The number of carbonyl (C=O) groups is 2. The van der Waals surface area contributed by atoms with E-state index < -0.39 is 0 Å². The number of nitrogens with zero attached hydrogens (tertiary/aromatic N) is 3. The molecule has 0 saturated heterocycles. The number of hydrogen-bond acceptors (Lipinski definition) is 5. The zero-order chi connectivity index (χ0) is 17.8. The molecule has 1 amide bonds. The molecule has 3 N–H and O–H groups in total. The highest BCUT2D eigenvalue weighted by Crippen LogP contribution is 2.16. The fraction of sp³-hybridized carbons (Fsp3) is 0.111. The van der Waals surface area contributed by atoms with Gasteiger partial charge in [0.15, 0.2) is 11.6 Å². The molecule has 7 heteroatoms. The summed E-state index contributed by atoms with van der Waals surface area (Å²) in [5, 5.41) is 7.01. The number of nitrogens with one attached hydrogen (secondary N) is 1. The first-order chi connectivity index (χ1) is 12.0. The summed E-state index contributed by atoms with van der Waals surface area (Å²) in [5.41, 5.74) is 7.86. The number of benzene rings is 2. The van der Waals surface area contributed by atoms with Gasteiger partial charge in [-0.1, -0.05) is 30.3 Å². The molecule has 7 nitrogen and oxygen atoms in total. The number of anilines is 2.